The number of hydrogen-bond acceptors (Lipinski definition) is 5. The van der Waals surface area contributed by atoms with Crippen LogP contribution < -0.4 is 10.1 Å². The van der Waals surface area contributed by atoms with Crippen LogP contribution in [0.2, 0.25) is 0 Å². The van der Waals surface area contributed by atoms with Crippen LogP contribution in [-0.2, 0) is 17.8 Å². The average Bonchev–Trinajstić information content (AvgIpc) is 3.02. The maximum absolute atomic E-state index is 12.3. The molecule has 5 nitrogen and oxygen atoms in total. The van der Waals surface area contributed by atoms with Crippen LogP contribution in [0.4, 0.5) is 5.13 Å². The molecule has 2 heterocycles. The number of aromatic nitrogens is 1. The van der Waals surface area contributed by atoms with E-state index in [2.05, 4.69) is 22.1 Å². The van der Waals surface area contributed by atoms with Crippen molar-refractivity contribution < 1.29 is 9.53 Å². The summed E-state index contributed by atoms with van der Waals surface area (Å²) in [7, 11) is 1.62. The van der Waals surface area contributed by atoms with Gasteiger partial charge in [0.2, 0.25) is 5.91 Å². The molecular weight excluding hydrogens is 334 g/mol. The van der Waals surface area contributed by atoms with Gasteiger partial charge in [-0.1, -0.05) is 25.1 Å². The van der Waals surface area contributed by atoms with E-state index in [1.54, 1.807) is 7.11 Å². The van der Waals surface area contributed by atoms with E-state index in [0.717, 1.165) is 42.6 Å². The van der Waals surface area contributed by atoms with Crippen molar-refractivity contribution in [3.63, 3.8) is 0 Å². The first kappa shape index (κ1) is 17.9. The predicted octanol–water partition coefficient (Wildman–Crippen LogP) is 3.56. The van der Waals surface area contributed by atoms with E-state index in [0.29, 0.717) is 5.13 Å². The lowest BCUT2D eigenvalue weighted by molar-refractivity contribution is -0.115. The normalized spacial score (nSPS) is 18.1. The summed E-state index contributed by atoms with van der Waals surface area (Å²) in [6.45, 7) is 5.43. The number of rotatable bonds is 6. The second-order valence-electron chi connectivity index (χ2n) is 6.66. The van der Waals surface area contributed by atoms with Gasteiger partial charge in [-0.3, -0.25) is 9.69 Å². The van der Waals surface area contributed by atoms with Crippen molar-refractivity contribution in [2.24, 2.45) is 5.92 Å². The third-order valence-corrected chi connectivity index (χ3v) is 5.27. The molecule has 1 aliphatic rings. The molecular formula is C19H25N3O2S. The number of benzene rings is 1. The Labute approximate surface area is 153 Å². The number of ether oxygens (including phenoxy) is 1. The molecule has 3 rings (SSSR count). The van der Waals surface area contributed by atoms with Gasteiger partial charge in [-0.2, -0.15) is 0 Å². The van der Waals surface area contributed by atoms with Crippen LogP contribution in [0.15, 0.2) is 29.6 Å². The molecule has 25 heavy (non-hydrogen) atoms. The van der Waals surface area contributed by atoms with Gasteiger partial charge in [0, 0.05) is 24.0 Å². The summed E-state index contributed by atoms with van der Waals surface area (Å²) in [5.74, 6) is 1.42. The van der Waals surface area contributed by atoms with E-state index in [4.69, 9.17) is 4.74 Å². The van der Waals surface area contributed by atoms with Crippen molar-refractivity contribution in [2.75, 3.05) is 25.5 Å². The van der Waals surface area contributed by atoms with Gasteiger partial charge in [0.05, 0.1) is 19.2 Å². The highest BCUT2D eigenvalue weighted by atomic mass is 32.1. The lowest BCUT2D eigenvalue weighted by Gasteiger charge is -2.30. The highest BCUT2D eigenvalue weighted by molar-refractivity contribution is 7.13. The molecule has 0 bridgehead atoms. The third-order valence-electron chi connectivity index (χ3n) is 4.47. The summed E-state index contributed by atoms with van der Waals surface area (Å²) in [4.78, 5) is 19.3. The summed E-state index contributed by atoms with van der Waals surface area (Å²) < 4.78 is 5.30. The number of nitrogens with zero attached hydrogens (tertiary/aromatic N) is 2. The Morgan fingerprint density at radius 1 is 1.44 bits per heavy atom. The van der Waals surface area contributed by atoms with Crippen molar-refractivity contribution >= 4 is 22.4 Å². The summed E-state index contributed by atoms with van der Waals surface area (Å²) in [6.07, 6.45) is 2.86. The highest BCUT2D eigenvalue weighted by Gasteiger charge is 2.17. The number of likely N-dealkylation sites (tertiary alicyclic amines) is 1. The van der Waals surface area contributed by atoms with Crippen molar-refractivity contribution in [2.45, 2.75) is 32.7 Å². The van der Waals surface area contributed by atoms with E-state index >= 15 is 0 Å². The maximum Gasteiger partial charge on any atom is 0.230 e. The molecule has 0 radical (unpaired) electrons. The third kappa shape index (κ3) is 5.03. The van der Waals surface area contributed by atoms with Crippen LogP contribution in [0, 0.1) is 5.92 Å². The van der Waals surface area contributed by atoms with Gasteiger partial charge >= 0.3 is 0 Å². The minimum Gasteiger partial charge on any atom is -0.496 e. The molecule has 2 aromatic rings. The fourth-order valence-corrected chi connectivity index (χ4v) is 4.00. The maximum atomic E-state index is 12.3. The first-order valence-corrected chi connectivity index (χ1v) is 9.60. The van der Waals surface area contributed by atoms with Crippen molar-refractivity contribution in [3.05, 3.63) is 40.9 Å². The van der Waals surface area contributed by atoms with Gasteiger partial charge in [0.25, 0.3) is 0 Å². The standard InChI is InChI=1S/C19H25N3O2S/c1-14-6-5-9-22(11-14)12-16-13-25-19(20-16)21-18(23)10-15-7-3-4-8-17(15)24-2/h3-4,7-8,13-14H,5-6,9-12H2,1-2H3,(H,20,21,23)/t14-/m0/s1. The Balaban J connectivity index is 1.54. The molecule has 1 atom stereocenters. The molecule has 1 N–H and O–H groups in total. The smallest absolute Gasteiger partial charge is 0.230 e. The van der Waals surface area contributed by atoms with Gasteiger partial charge in [0.15, 0.2) is 5.13 Å². The minimum atomic E-state index is -0.0722. The Bertz CT molecular complexity index is 716. The molecule has 6 heteroatoms. The van der Waals surface area contributed by atoms with E-state index in [1.807, 2.05) is 29.6 Å². The quantitative estimate of drug-likeness (QED) is 0.857. The van der Waals surface area contributed by atoms with E-state index in [9.17, 15) is 4.79 Å². The van der Waals surface area contributed by atoms with Gasteiger partial charge in [-0.05, 0) is 31.4 Å². The van der Waals surface area contributed by atoms with Crippen LogP contribution >= 0.6 is 11.3 Å². The fraction of sp³-hybridized carbons (Fsp3) is 0.474. The Hall–Kier alpha value is -1.92. The molecule has 1 amide bonds. The van der Waals surface area contributed by atoms with Crippen LogP contribution in [0.5, 0.6) is 5.75 Å². The molecule has 0 saturated carbocycles. The van der Waals surface area contributed by atoms with Crippen LogP contribution in [0.3, 0.4) is 0 Å². The van der Waals surface area contributed by atoms with Gasteiger partial charge in [-0.15, -0.1) is 11.3 Å². The van der Waals surface area contributed by atoms with Crippen LogP contribution in [-0.4, -0.2) is 36.0 Å². The first-order valence-electron chi connectivity index (χ1n) is 8.72. The number of carbonyl (C=O) groups is 1. The molecule has 1 saturated heterocycles. The monoisotopic (exact) mass is 359 g/mol. The number of hydrogen-bond donors (Lipinski definition) is 1. The summed E-state index contributed by atoms with van der Waals surface area (Å²) in [6, 6.07) is 7.58. The second-order valence-corrected chi connectivity index (χ2v) is 7.52. The zero-order chi connectivity index (χ0) is 17.6. The fourth-order valence-electron chi connectivity index (χ4n) is 3.28. The van der Waals surface area contributed by atoms with Crippen LogP contribution in [0.25, 0.3) is 0 Å². The summed E-state index contributed by atoms with van der Waals surface area (Å²) in [5.41, 5.74) is 1.91. The topological polar surface area (TPSA) is 54.5 Å². The first-order chi connectivity index (χ1) is 12.1. The number of methoxy groups -OCH3 is 1. The number of thiazole rings is 1. The summed E-state index contributed by atoms with van der Waals surface area (Å²) in [5, 5.41) is 5.61. The number of amides is 1. The Morgan fingerprint density at radius 3 is 3.08 bits per heavy atom. The van der Waals surface area contributed by atoms with Crippen molar-refractivity contribution in [1.29, 1.82) is 0 Å². The SMILES string of the molecule is COc1ccccc1CC(=O)Nc1nc(CN2CCC[C@H](C)C2)cs1. The number of carbonyl (C=O) groups excluding carboxylic acids is 1. The molecule has 134 valence electrons. The van der Waals surface area contributed by atoms with E-state index in [-0.39, 0.29) is 12.3 Å². The molecule has 1 fully saturated rings. The summed E-state index contributed by atoms with van der Waals surface area (Å²) >= 11 is 1.49. The Morgan fingerprint density at radius 2 is 2.28 bits per heavy atom. The predicted molar refractivity (Wildman–Crippen MR) is 101 cm³/mol. The van der Waals surface area contributed by atoms with Gasteiger partial charge in [0.1, 0.15) is 5.75 Å². The number of nitrogens with one attached hydrogen (secondary N) is 1. The average molecular weight is 359 g/mol. The van der Waals surface area contributed by atoms with Crippen LogP contribution in [0.1, 0.15) is 31.0 Å². The van der Waals surface area contributed by atoms with E-state index in [1.165, 1.54) is 24.2 Å². The van der Waals surface area contributed by atoms with Gasteiger partial charge < -0.3 is 10.1 Å². The molecule has 0 aliphatic carbocycles. The second kappa shape index (κ2) is 8.45. The lowest BCUT2D eigenvalue weighted by Crippen LogP contribution is -2.33. The van der Waals surface area contributed by atoms with Crippen molar-refractivity contribution in [3.8, 4) is 5.75 Å². The molecule has 0 spiro atoms. The Kier molecular flexibility index (Phi) is 6.04. The van der Waals surface area contributed by atoms with Crippen molar-refractivity contribution in [1.82, 2.24) is 9.88 Å². The molecule has 0 unspecified atom stereocenters. The zero-order valence-corrected chi connectivity index (χ0v) is 15.6. The number of anilines is 1. The minimum absolute atomic E-state index is 0.0722. The molecule has 1 aromatic heterocycles. The van der Waals surface area contributed by atoms with Gasteiger partial charge in [-0.25, -0.2) is 4.98 Å². The highest BCUT2D eigenvalue weighted by Crippen LogP contribution is 2.22. The molecule has 1 aromatic carbocycles. The number of para-hydroxylation sites is 1. The van der Waals surface area contributed by atoms with E-state index < -0.39 is 0 Å². The zero-order valence-electron chi connectivity index (χ0n) is 14.8. The largest absolute Gasteiger partial charge is 0.496 e. The molecule has 1 aliphatic heterocycles. The number of piperidine rings is 1. The lowest BCUT2D eigenvalue weighted by atomic mass is 10.0.